The Morgan fingerprint density at radius 2 is 2.11 bits per heavy atom. The Kier molecular flexibility index (Phi) is 5.92. The van der Waals surface area contributed by atoms with E-state index in [0.717, 1.165) is 5.56 Å². The van der Waals surface area contributed by atoms with Gasteiger partial charge in [0.2, 0.25) is 5.91 Å². The standard InChI is InChI=1S/C12H15Cl2N3O2/c1-2-17(7-11(15)16-19)12(18)6-8-3-4-9(13)10(14)5-8/h3-5,19H,2,6-7H2,1H3,(H2,15,16). The molecule has 0 aromatic heterocycles. The Bertz CT molecular complexity index is 492. The average molecular weight is 304 g/mol. The second-order valence-electron chi connectivity index (χ2n) is 3.92. The number of amidine groups is 1. The number of carbonyl (C=O) groups is 1. The minimum atomic E-state index is -0.132. The molecule has 0 unspecified atom stereocenters. The number of oxime groups is 1. The fourth-order valence-corrected chi connectivity index (χ4v) is 1.86. The van der Waals surface area contributed by atoms with Crippen molar-refractivity contribution >= 4 is 34.9 Å². The Hall–Kier alpha value is -1.46. The summed E-state index contributed by atoms with van der Waals surface area (Å²) in [5.41, 5.74) is 6.15. The number of nitrogens with two attached hydrogens (primary N) is 1. The number of benzene rings is 1. The highest BCUT2D eigenvalue weighted by Crippen LogP contribution is 2.22. The summed E-state index contributed by atoms with van der Waals surface area (Å²) in [5, 5.41) is 12.2. The minimum absolute atomic E-state index is 0.00987. The SMILES string of the molecule is CCN(CC(N)=NO)C(=O)Cc1ccc(Cl)c(Cl)c1. The van der Waals surface area contributed by atoms with Crippen LogP contribution in [-0.4, -0.2) is 34.9 Å². The molecule has 7 heteroatoms. The van der Waals surface area contributed by atoms with Gasteiger partial charge in [0.25, 0.3) is 0 Å². The van der Waals surface area contributed by atoms with E-state index in [1.165, 1.54) is 4.90 Å². The van der Waals surface area contributed by atoms with Crippen molar-refractivity contribution in [1.82, 2.24) is 4.90 Å². The second-order valence-corrected chi connectivity index (χ2v) is 4.74. The van der Waals surface area contributed by atoms with Gasteiger partial charge >= 0.3 is 0 Å². The molecule has 0 aliphatic heterocycles. The van der Waals surface area contributed by atoms with Crippen molar-refractivity contribution in [3.8, 4) is 0 Å². The van der Waals surface area contributed by atoms with Gasteiger partial charge in [0.1, 0.15) is 0 Å². The molecule has 1 aromatic rings. The molecule has 19 heavy (non-hydrogen) atoms. The lowest BCUT2D eigenvalue weighted by Gasteiger charge is -2.20. The van der Waals surface area contributed by atoms with Crippen molar-refractivity contribution in [2.45, 2.75) is 13.3 Å². The monoisotopic (exact) mass is 303 g/mol. The van der Waals surface area contributed by atoms with E-state index in [1.807, 2.05) is 6.92 Å². The molecule has 0 aliphatic rings. The summed E-state index contributed by atoms with van der Waals surface area (Å²) in [5.74, 6) is -0.142. The molecule has 3 N–H and O–H groups in total. The molecule has 0 radical (unpaired) electrons. The van der Waals surface area contributed by atoms with Gasteiger partial charge in [-0.25, -0.2) is 0 Å². The van der Waals surface area contributed by atoms with Crippen LogP contribution in [0.1, 0.15) is 12.5 Å². The third-order valence-electron chi connectivity index (χ3n) is 2.56. The zero-order chi connectivity index (χ0) is 14.4. The number of hydrogen-bond acceptors (Lipinski definition) is 3. The molecule has 0 aliphatic carbocycles. The van der Waals surface area contributed by atoms with Gasteiger partial charge in [0.05, 0.1) is 23.0 Å². The summed E-state index contributed by atoms with van der Waals surface area (Å²) in [6, 6.07) is 5.04. The molecule has 0 spiro atoms. The third-order valence-corrected chi connectivity index (χ3v) is 3.29. The summed E-state index contributed by atoms with van der Waals surface area (Å²) >= 11 is 11.7. The van der Waals surface area contributed by atoms with Crippen molar-refractivity contribution in [2.75, 3.05) is 13.1 Å². The maximum atomic E-state index is 12.0. The van der Waals surface area contributed by atoms with Crippen molar-refractivity contribution in [2.24, 2.45) is 10.9 Å². The fourth-order valence-electron chi connectivity index (χ4n) is 1.54. The molecule has 0 saturated carbocycles. The second kappa shape index (κ2) is 7.21. The molecule has 1 rings (SSSR count). The number of hydrogen-bond donors (Lipinski definition) is 2. The van der Waals surface area contributed by atoms with Gasteiger partial charge in [-0.1, -0.05) is 34.4 Å². The van der Waals surface area contributed by atoms with Gasteiger partial charge in [-0.2, -0.15) is 0 Å². The van der Waals surface area contributed by atoms with Crippen LogP contribution in [0.4, 0.5) is 0 Å². The number of rotatable bonds is 5. The van der Waals surface area contributed by atoms with Gasteiger partial charge in [0, 0.05) is 6.54 Å². The highest BCUT2D eigenvalue weighted by molar-refractivity contribution is 6.42. The Balaban J connectivity index is 2.73. The fraction of sp³-hybridized carbons (Fsp3) is 0.333. The first-order valence-corrected chi connectivity index (χ1v) is 6.41. The number of nitrogens with zero attached hydrogens (tertiary/aromatic N) is 2. The highest BCUT2D eigenvalue weighted by atomic mass is 35.5. The third kappa shape index (κ3) is 4.61. The van der Waals surface area contributed by atoms with Gasteiger partial charge in [-0.3, -0.25) is 4.79 Å². The molecule has 0 atom stereocenters. The molecule has 0 fully saturated rings. The van der Waals surface area contributed by atoms with Crippen LogP contribution in [0.25, 0.3) is 0 Å². The van der Waals surface area contributed by atoms with Gasteiger partial charge in [-0.15, -0.1) is 0 Å². The van der Waals surface area contributed by atoms with Gasteiger partial charge in [-0.05, 0) is 24.6 Å². The van der Waals surface area contributed by atoms with E-state index in [4.69, 9.17) is 34.1 Å². The number of halogens is 2. The van der Waals surface area contributed by atoms with E-state index in [2.05, 4.69) is 5.16 Å². The largest absolute Gasteiger partial charge is 0.409 e. The molecule has 0 bridgehead atoms. The van der Waals surface area contributed by atoms with Crippen LogP contribution >= 0.6 is 23.2 Å². The average Bonchev–Trinajstić information content (AvgIpc) is 2.39. The maximum absolute atomic E-state index is 12.0. The molecule has 0 saturated heterocycles. The lowest BCUT2D eigenvalue weighted by Crippen LogP contribution is -2.39. The Morgan fingerprint density at radius 1 is 1.42 bits per heavy atom. The van der Waals surface area contributed by atoms with Crippen molar-refractivity contribution in [1.29, 1.82) is 0 Å². The zero-order valence-corrected chi connectivity index (χ0v) is 11.9. The number of carbonyl (C=O) groups excluding carboxylic acids is 1. The Morgan fingerprint density at radius 3 is 2.63 bits per heavy atom. The molecule has 1 aromatic carbocycles. The first-order chi connectivity index (χ1) is 8.97. The maximum Gasteiger partial charge on any atom is 0.227 e. The van der Waals surface area contributed by atoms with Gasteiger partial charge < -0.3 is 15.8 Å². The molecular formula is C12H15Cl2N3O2. The van der Waals surface area contributed by atoms with E-state index in [9.17, 15) is 4.79 Å². The van der Waals surface area contributed by atoms with Crippen molar-refractivity contribution < 1.29 is 10.0 Å². The number of likely N-dealkylation sites (N-methyl/N-ethyl adjacent to an activating group) is 1. The summed E-state index contributed by atoms with van der Waals surface area (Å²) in [4.78, 5) is 13.5. The smallest absolute Gasteiger partial charge is 0.227 e. The molecule has 0 heterocycles. The lowest BCUT2D eigenvalue weighted by atomic mass is 10.1. The zero-order valence-electron chi connectivity index (χ0n) is 10.4. The van der Waals surface area contributed by atoms with Gasteiger partial charge in [0.15, 0.2) is 5.84 Å². The topological polar surface area (TPSA) is 78.9 Å². The first-order valence-electron chi connectivity index (χ1n) is 5.66. The predicted molar refractivity (Wildman–Crippen MR) is 75.8 cm³/mol. The van der Waals surface area contributed by atoms with E-state index in [0.29, 0.717) is 16.6 Å². The van der Waals surface area contributed by atoms with E-state index < -0.39 is 0 Å². The van der Waals surface area contributed by atoms with E-state index in [1.54, 1.807) is 18.2 Å². The van der Waals surface area contributed by atoms with Crippen molar-refractivity contribution in [3.63, 3.8) is 0 Å². The quantitative estimate of drug-likeness (QED) is 0.378. The molecule has 5 nitrogen and oxygen atoms in total. The Labute approximate surface area is 121 Å². The molecule has 1 amide bonds. The van der Waals surface area contributed by atoms with Crippen LogP contribution < -0.4 is 5.73 Å². The molecule has 104 valence electrons. The van der Waals surface area contributed by atoms with E-state index in [-0.39, 0.29) is 24.7 Å². The molecular weight excluding hydrogens is 289 g/mol. The van der Waals surface area contributed by atoms with Crippen LogP contribution in [0.15, 0.2) is 23.4 Å². The normalized spacial score (nSPS) is 11.4. The minimum Gasteiger partial charge on any atom is -0.409 e. The predicted octanol–water partition coefficient (Wildman–Crippen LogP) is 2.13. The van der Waals surface area contributed by atoms with Crippen LogP contribution in [0.2, 0.25) is 10.0 Å². The first kappa shape index (κ1) is 15.6. The summed E-state index contributed by atoms with van der Waals surface area (Å²) in [6.45, 7) is 2.38. The van der Waals surface area contributed by atoms with Crippen LogP contribution in [-0.2, 0) is 11.2 Å². The van der Waals surface area contributed by atoms with Crippen molar-refractivity contribution in [3.05, 3.63) is 33.8 Å². The summed E-state index contributed by atoms with van der Waals surface area (Å²) in [7, 11) is 0. The summed E-state index contributed by atoms with van der Waals surface area (Å²) in [6.07, 6.45) is 0.184. The number of amides is 1. The van der Waals surface area contributed by atoms with E-state index >= 15 is 0 Å². The van der Waals surface area contributed by atoms with Crippen LogP contribution in [0.5, 0.6) is 0 Å². The summed E-state index contributed by atoms with van der Waals surface area (Å²) < 4.78 is 0. The highest BCUT2D eigenvalue weighted by Gasteiger charge is 2.14. The van der Waals surface area contributed by atoms with Crippen LogP contribution in [0.3, 0.4) is 0 Å². The van der Waals surface area contributed by atoms with Crippen LogP contribution in [0, 0.1) is 0 Å². The lowest BCUT2D eigenvalue weighted by molar-refractivity contribution is -0.129.